The van der Waals surface area contributed by atoms with Gasteiger partial charge in [-0.15, -0.1) is 0 Å². The van der Waals surface area contributed by atoms with Crippen LogP contribution < -0.4 is 5.32 Å². The molecule has 2 aliphatic rings. The summed E-state index contributed by atoms with van der Waals surface area (Å²) in [5, 5.41) is 87.9. The number of carbonyl (C=O) groups is 1. The molecule has 12 unspecified atom stereocenters. The fourth-order valence-corrected chi connectivity index (χ4v) is 13.2. The van der Waals surface area contributed by atoms with Crippen molar-refractivity contribution >= 4 is 5.91 Å². The van der Waals surface area contributed by atoms with Crippen molar-refractivity contribution in [3.05, 3.63) is 85.1 Å². The summed E-state index contributed by atoms with van der Waals surface area (Å²) in [5.41, 5.74) is 0. The molecular weight excluding hydrogens is 1230 g/mol. The lowest BCUT2D eigenvalue weighted by Crippen LogP contribution is -2.65. The summed E-state index contributed by atoms with van der Waals surface area (Å²) in [5.74, 6) is -0.202. The van der Waals surface area contributed by atoms with Crippen molar-refractivity contribution in [2.45, 2.75) is 421 Å². The minimum atomic E-state index is -1.78. The first kappa shape index (κ1) is 91.3. The van der Waals surface area contributed by atoms with Crippen LogP contribution in [0.15, 0.2) is 85.1 Å². The molecule has 0 radical (unpaired) electrons. The van der Waals surface area contributed by atoms with Gasteiger partial charge in [-0.3, -0.25) is 4.79 Å². The third-order valence-corrected chi connectivity index (χ3v) is 19.6. The molecule has 1 amide bonds. The van der Waals surface area contributed by atoms with E-state index < -0.39 is 86.8 Å². The van der Waals surface area contributed by atoms with Crippen LogP contribution in [0.25, 0.3) is 0 Å². The van der Waals surface area contributed by atoms with Gasteiger partial charge in [0.25, 0.3) is 0 Å². The van der Waals surface area contributed by atoms with Crippen molar-refractivity contribution in [1.82, 2.24) is 5.32 Å². The van der Waals surface area contributed by atoms with Gasteiger partial charge in [0.1, 0.15) is 48.8 Å². The van der Waals surface area contributed by atoms with Crippen molar-refractivity contribution in [2.24, 2.45) is 0 Å². The van der Waals surface area contributed by atoms with Gasteiger partial charge < -0.3 is 65.1 Å². The topological polar surface area (TPSA) is 228 Å². The lowest BCUT2D eigenvalue weighted by Gasteiger charge is -2.46. The summed E-state index contributed by atoms with van der Waals surface area (Å²) in [7, 11) is 0. The number of hydrogen-bond donors (Lipinski definition) is 9. The highest BCUT2D eigenvalue weighted by Crippen LogP contribution is 2.30. The number of aliphatic hydroxyl groups is 8. The van der Waals surface area contributed by atoms with E-state index in [1.165, 1.54) is 225 Å². The predicted octanol–water partition coefficient (Wildman–Crippen LogP) is 18.7. The van der Waals surface area contributed by atoms with Crippen LogP contribution >= 0.6 is 0 Å². The number of amides is 1. The molecule has 570 valence electrons. The van der Waals surface area contributed by atoms with Gasteiger partial charge >= 0.3 is 0 Å². The van der Waals surface area contributed by atoms with Crippen molar-refractivity contribution < 1.29 is 64.6 Å². The average Bonchev–Trinajstić information content (AvgIpc) is 0.793. The fourth-order valence-electron chi connectivity index (χ4n) is 13.2. The summed E-state index contributed by atoms with van der Waals surface area (Å²) in [6, 6.07) is -0.832. The Morgan fingerprint density at radius 1 is 0.378 bits per heavy atom. The number of rotatable bonds is 68. The second-order valence-electron chi connectivity index (χ2n) is 28.5. The third-order valence-electron chi connectivity index (χ3n) is 19.6. The Morgan fingerprint density at radius 3 is 1.08 bits per heavy atom. The number of carbonyl (C=O) groups excluding carboxylic acids is 1. The highest BCUT2D eigenvalue weighted by molar-refractivity contribution is 5.76. The lowest BCUT2D eigenvalue weighted by molar-refractivity contribution is -0.359. The van der Waals surface area contributed by atoms with Crippen molar-refractivity contribution in [3.8, 4) is 0 Å². The molecular formula is C84H151NO13. The van der Waals surface area contributed by atoms with E-state index in [-0.39, 0.29) is 12.5 Å². The van der Waals surface area contributed by atoms with Gasteiger partial charge in [-0.1, -0.05) is 356 Å². The van der Waals surface area contributed by atoms with E-state index in [4.69, 9.17) is 18.9 Å². The zero-order chi connectivity index (χ0) is 70.8. The summed E-state index contributed by atoms with van der Waals surface area (Å²) in [6.45, 7) is 2.80. The minimum absolute atomic E-state index is 0.202. The minimum Gasteiger partial charge on any atom is -0.394 e. The van der Waals surface area contributed by atoms with Crippen molar-refractivity contribution in [3.63, 3.8) is 0 Å². The molecule has 2 saturated heterocycles. The number of hydrogen-bond acceptors (Lipinski definition) is 13. The first-order valence-electron chi connectivity index (χ1n) is 40.8. The summed E-state index contributed by atoms with van der Waals surface area (Å²) >= 11 is 0. The molecule has 0 aromatic heterocycles. The lowest BCUT2D eigenvalue weighted by atomic mass is 9.97. The normalized spacial score (nSPS) is 22.5. The molecule has 9 N–H and O–H groups in total. The zero-order valence-corrected chi connectivity index (χ0v) is 62.5. The summed E-state index contributed by atoms with van der Waals surface area (Å²) in [6.07, 6.45) is 77.7. The molecule has 14 nitrogen and oxygen atoms in total. The molecule has 98 heavy (non-hydrogen) atoms. The van der Waals surface area contributed by atoms with Gasteiger partial charge in [0, 0.05) is 6.42 Å². The molecule has 0 spiro atoms. The Hall–Kier alpha value is -2.83. The van der Waals surface area contributed by atoms with Crippen LogP contribution in [0.5, 0.6) is 0 Å². The predicted molar refractivity (Wildman–Crippen MR) is 406 cm³/mol. The Labute approximate surface area is 599 Å². The van der Waals surface area contributed by atoms with E-state index in [9.17, 15) is 45.6 Å². The Morgan fingerprint density at radius 2 is 0.704 bits per heavy atom. The van der Waals surface area contributed by atoms with E-state index in [1.807, 2.05) is 0 Å². The van der Waals surface area contributed by atoms with Crippen LogP contribution in [0.2, 0.25) is 0 Å². The van der Waals surface area contributed by atoms with Crippen LogP contribution in [-0.2, 0) is 23.7 Å². The number of nitrogens with one attached hydrogen (secondary N) is 1. The molecule has 14 heteroatoms. The number of unbranched alkanes of at least 4 members (excludes halogenated alkanes) is 41. The van der Waals surface area contributed by atoms with Crippen LogP contribution in [0.4, 0.5) is 0 Å². The monoisotopic (exact) mass is 1380 g/mol. The molecule has 0 bridgehead atoms. The van der Waals surface area contributed by atoms with Gasteiger partial charge in [-0.25, -0.2) is 0 Å². The highest BCUT2D eigenvalue weighted by Gasteiger charge is 2.51. The van der Waals surface area contributed by atoms with Gasteiger partial charge in [-0.2, -0.15) is 0 Å². The Kier molecular flexibility index (Phi) is 62.7. The maximum Gasteiger partial charge on any atom is 0.220 e. The molecule has 2 rings (SSSR count). The first-order chi connectivity index (χ1) is 48.1. The SMILES string of the molecule is CC/C=C\C/C=C\C/C=C\C/C=C\C/C=C\C/C=C\C/C=C\CCCCCCCCCCCCCCCCCCCCCC(=O)NC(COC1OC(CO)C(OC2OC(CO)C(O)C(O)C2O)C(O)C1O)C(O)CCCCCCCCCCCCCCCCCCCCCCCCC. The van der Waals surface area contributed by atoms with Gasteiger partial charge in [-0.05, 0) is 70.6 Å². The second-order valence-corrected chi connectivity index (χ2v) is 28.5. The first-order valence-corrected chi connectivity index (χ1v) is 40.8. The smallest absolute Gasteiger partial charge is 0.220 e. The van der Waals surface area contributed by atoms with E-state index in [0.717, 1.165) is 96.3 Å². The fraction of sp³-hybridized carbons (Fsp3) is 0.821. The molecule has 12 atom stereocenters. The maximum atomic E-state index is 13.4. The zero-order valence-electron chi connectivity index (χ0n) is 62.5. The van der Waals surface area contributed by atoms with E-state index in [2.05, 4.69) is 104 Å². The maximum absolute atomic E-state index is 13.4. The number of aliphatic hydroxyl groups excluding tert-OH is 8. The van der Waals surface area contributed by atoms with E-state index in [1.54, 1.807) is 0 Å². The average molecular weight is 1380 g/mol. The molecule has 0 aromatic rings. The Balaban J connectivity index is 1.57. The molecule has 0 aliphatic carbocycles. The van der Waals surface area contributed by atoms with Gasteiger partial charge in [0.2, 0.25) is 5.91 Å². The quantitative estimate of drug-likeness (QED) is 0.0204. The second kappa shape index (κ2) is 67.4. The number of allylic oxidation sites excluding steroid dienone is 14. The van der Waals surface area contributed by atoms with Crippen LogP contribution in [-0.4, -0.2) is 140 Å². The third kappa shape index (κ3) is 49.7. The van der Waals surface area contributed by atoms with Gasteiger partial charge in [0.05, 0.1) is 32.0 Å². The summed E-state index contributed by atoms with van der Waals surface area (Å²) in [4.78, 5) is 13.4. The van der Waals surface area contributed by atoms with E-state index in [0.29, 0.717) is 12.8 Å². The Bertz CT molecular complexity index is 1970. The highest BCUT2D eigenvalue weighted by atomic mass is 16.7. The van der Waals surface area contributed by atoms with Gasteiger partial charge in [0.15, 0.2) is 12.6 Å². The molecule has 0 saturated carbocycles. The van der Waals surface area contributed by atoms with Crippen LogP contribution in [0.1, 0.15) is 348 Å². The standard InChI is InChI=1S/C84H151NO13/c1-3-5-7-9-11-13-15-17-19-21-23-25-27-28-29-30-31-32-33-34-35-36-37-38-39-40-41-42-43-44-46-48-50-52-54-56-58-60-62-64-66-68-76(89)85-72(71-95-83-81(94)79(92)82(75(70-87)97-83)98-84-80(93)78(91)77(90)74(69-86)96-84)73(88)67-65-63-61-59-57-55-53-51-49-47-45-26-24-22-20-18-16-14-12-10-8-6-4-2/h5,7,11,13,17,19,23,25,28-29,31-32,34-35,72-75,77-84,86-88,90-94H,3-4,6,8-10,12,14-16,18,20-22,24,26-27,30,33,36-71H2,1-2H3,(H,85,89)/b7-5-,13-11-,19-17-,25-23-,29-28-,32-31-,35-34-. The van der Waals surface area contributed by atoms with Crippen LogP contribution in [0, 0.1) is 0 Å². The summed E-state index contributed by atoms with van der Waals surface area (Å²) < 4.78 is 23.0. The van der Waals surface area contributed by atoms with E-state index >= 15 is 0 Å². The van der Waals surface area contributed by atoms with Crippen molar-refractivity contribution in [1.29, 1.82) is 0 Å². The molecule has 2 heterocycles. The van der Waals surface area contributed by atoms with Crippen molar-refractivity contribution in [2.75, 3.05) is 19.8 Å². The molecule has 0 aromatic carbocycles. The number of ether oxygens (including phenoxy) is 4. The van der Waals surface area contributed by atoms with Crippen LogP contribution in [0.3, 0.4) is 0 Å². The molecule has 2 fully saturated rings. The largest absolute Gasteiger partial charge is 0.394 e. The molecule has 2 aliphatic heterocycles.